The molecule has 0 aliphatic rings. The molecule has 0 fully saturated rings. The smallest absolute Gasteiger partial charge is 0.165 e. The van der Waals surface area contributed by atoms with Crippen LogP contribution in [0.3, 0.4) is 0 Å². The molecule has 6 aromatic carbocycles. The van der Waals surface area contributed by atoms with Gasteiger partial charge >= 0.3 is 0 Å². The maximum absolute atomic E-state index is 8.94. The standard InChI is InChI=1S/C49H33N5S2/c1-3-4-14-31(2)43(50)46-44(39-19-11-12-22-41(39)55-46)51-30-32-23-28-37-38-20-13-21-40(45(38)56-42(37)29-32)49-53-47(35-17-9-6-10-18-35)52-48(54-49)36-26-24-34(25-27-36)33-15-7-5-8-16-33/h3-30,50H,1-2H2/b14-4-,50-43?,51-30?. The van der Waals surface area contributed by atoms with Gasteiger partial charge in [-0.2, -0.15) is 0 Å². The van der Waals surface area contributed by atoms with Crippen molar-refractivity contribution in [1.82, 2.24) is 15.0 Å². The molecule has 0 aliphatic carbocycles. The molecule has 9 aromatic rings. The second-order valence-electron chi connectivity index (χ2n) is 13.2. The molecule has 0 unspecified atom stereocenters. The minimum Gasteiger partial charge on any atom is -0.299 e. The van der Waals surface area contributed by atoms with E-state index in [1.807, 2.05) is 54.7 Å². The number of aromatic nitrogens is 3. The molecular formula is C49H33N5S2. The predicted molar refractivity (Wildman–Crippen MR) is 239 cm³/mol. The van der Waals surface area contributed by atoms with E-state index in [1.54, 1.807) is 40.9 Å². The van der Waals surface area contributed by atoms with Crippen molar-refractivity contribution < 1.29 is 0 Å². The normalized spacial score (nSPS) is 11.6. The van der Waals surface area contributed by atoms with Crippen molar-refractivity contribution in [1.29, 1.82) is 5.41 Å². The fraction of sp³-hybridized carbons (Fsp3) is 0. The lowest BCUT2D eigenvalue weighted by Crippen LogP contribution is -2.00. The van der Waals surface area contributed by atoms with E-state index in [1.165, 1.54) is 0 Å². The molecule has 0 saturated heterocycles. The summed E-state index contributed by atoms with van der Waals surface area (Å²) >= 11 is 3.28. The number of rotatable bonds is 10. The van der Waals surface area contributed by atoms with E-state index in [-0.39, 0.29) is 0 Å². The zero-order chi connectivity index (χ0) is 38.0. The van der Waals surface area contributed by atoms with Crippen LogP contribution in [0.1, 0.15) is 10.4 Å². The van der Waals surface area contributed by atoms with Crippen LogP contribution in [0.25, 0.3) is 75.5 Å². The van der Waals surface area contributed by atoms with Gasteiger partial charge in [0.25, 0.3) is 0 Å². The highest BCUT2D eigenvalue weighted by molar-refractivity contribution is 7.26. The highest BCUT2D eigenvalue weighted by Gasteiger charge is 2.18. The molecule has 1 N–H and O–H groups in total. The Kier molecular flexibility index (Phi) is 9.37. The second kappa shape index (κ2) is 15.1. The number of hydrogen-bond acceptors (Lipinski definition) is 7. The molecule has 3 heterocycles. The molecule has 0 bridgehead atoms. The fourth-order valence-corrected chi connectivity index (χ4v) is 9.13. The Balaban J connectivity index is 1.11. The summed E-state index contributed by atoms with van der Waals surface area (Å²) in [4.78, 5) is 20.9. The van der Waals surface area contributed by atoms with E-state index in [0.29, 0.717) is 28.8 Å². The van der Waals surface area contributed by atoms with Crippen LogP contribution in [-0.2, 0) is 0 Å². The molecule has 5 nitrogen and oxygen atoms in total. The maximum atomic E-state index is 8.94. The van der Waals surface area contributed by atoms with Crippen molar-refractivity contribution >= 4 is 70.5 Å². The van der Waals surface area contributed by atoms with E-state index in [4.69, 9.17) is 25.4 Å². The molecule has 56 heavy (non-hydrogen) atoms. The summed E-state index contributed by atoms with van der Waals surface area (Å²) < 4.78 is 3.32. The van der Waals surface area contributed by atoms with Gasteiger partial charge < -0.3 is 0 Å². The third-order valence-corrected chi connectivity index (χ3v) is 12.0. The van der Waals surface area contributed by atoms with Gasteiger partial charge in [0.05, 0.1) is 16.3 Å². The first-order chi connectivity index (χ1) is 27.5. The molecule has 3 aromatic heterocycles. The summed E-state index contributed by atoms with van der Waals surface area (Å²) in [5, 5.41) is 12.3. The minimum atomic E-state index is 0.352. The number of hydrogen-bond donors (Lipinski definition) is 1. The Morgan fingerprint density at radius 2 is 1.21 bits per heavy atom. The first-order valence-electron chi connectivity index (χ1n) is 18.1. The van der Waals surface area contributed by atoms with Gasteiger partial charge in [-0.1, -0.05) is 159 Å². The number of thiophene rings is 2. The van der Waals surface area contributed by atoms with Crippen molar-refractivity contribution in [3.8, 4) is 45.3 Å². The molecule has 0 radical (unpaired) electrons. The highest BCUT2D eigenvalue weighted by Crippen LogP contribution is 2.41. The summed E-state index contributed by atoms with van der Waals surface area (Å²) in [5.74, 6) is 1.88. The van der Waals surface area contributed by atoms with Crippen LogP contribution in [0.15, 0.2) is 188 Å². The average Bonchev–Trinajstić information content (AvgIpc) is 3.83. The fourth-order valence-electron chi connectivity index (χ4n) is 6.74. The number of nitrogens with one attached hydrogen (secondary N) is 1. The molecule has 9 rings (SSSR count). The Bertz CT molecular complexity index is 3010. The zero-order valence-corrected chi connectivity index (χ0v) is 31.8. The minimum absolute atomic E-state index is 0.352. The van der Waals surface area contributed by atoms with Crippen molar-refractivity contribution in [3.05, 3.63) is 193 Å². The lowest BCUT2D eigenvalue weighted by Gasteiger charge is -2.09. The van der Waals surface area contributed by atoms with Crippen LogP contribution >= 0.6 is 22.7 Å². The number of nitrogens with zero attached hydrogens (tertiary/aromatic N) is 4. The first kappa shape index (κ1) is 34.8. The van der Waals surface area contributed by atoms with Gasteiger partial charge in [0.1, 0.15) is 0 Å². The highest BCUT2D eigenvalue weighted by atomic mass is 32.1. The Morgan fingerprint density at radius 3 is 1.96 bits per heavy atom. The van der Waals surface area contributed by atoms with Gasteiger partial charge in [0, 0.05) is 53.2 Å². The van der Waals surface area contributed by atoms with Crippen LogP contribution in [0, 0.1) is 5.41 Å². The molecule has 0 aliphatic heterocycles. The van der Waals surface area contributed by atoms with Crippen LogP contribution in [0.2, 0.25) is 0 Å². The predicted octanol–water partition coefficient (Wildman–Crippen LogP) is 13.5. The van der Waals surface area contributed by atoms with E-state index in [2.05, 4.69) is 110 Å². The summed E-state index contributed by atoms with van der Waals surface area (Å²) in [6.45, 7) is 7.87. The maximum Gasteiger partial charge on any atom is 0.165 e. The number of fused-ring (bicyclic) bond motifs is 4. The SMILES string of the molecule is C=C/C=C\C(=C)C(=N)c1sc2ccccc2c1N=Cc1ccc2c(c1)sc1c(-c3nc(-c4ccccc4)nc(-c4ccc(-c5ccccc5)cc4)n3)cccc12. The van der Waals surface area contributed by atoms with Crippen LogP contribution in [0.4, 0.5) is 5.69 Å². The molecule has 0 spiro atoms. The average molecular weight is 756 g/mol. The van der Waals surface area contributed by atoms with Gasteiger partial charge in [0.15, 0.2) is 17.5 Å². The molecule has 0 saturated carbocycles. The van der Waals surface area contributed by atoms with Crippen molar-refractivity contribution in [2.45, 2.75) is 0 Å². The zero-order valence-electron chi connectivity index (χ0n) is 30.2. The molecule has 7 heteroatoms. The summed E-state index contributed by atoms with van der Waals surface area (Å²) in [6.07, 6.45) is 7.18. The number of allylic oxidation sites excluding steroid dienone is 4. The third kappa shape index (κ3) is 6.70. The topological polar surface area (TPSA) is 74.9 Å². The lowest BCUT2D eigenvalue weighted by atomic mass is 10.0. The van der Waals surface area contributed by atoms with E-state index in [0.717, 1.165) is 74.2 Å². The van der Waals surface area contributed by atoms with Crippen LogP contribution in [0.5, 0.6) is 0 Å². The summed E-state index contributed by atoms with van der Waals surface area (Å²) in [5.41, 5.74) is 7.82. The van der Waals surface area contributed by atoms with Gasteiger partial charge in [0.2, 0.25) is 0 Å². The monoisotopic (exact) mass is 755 g/mol. The lowest BCUT2D eigenvalue weighted by molar-refractivity contribution is 1.08. The van der Waals surface area contributed by atoms with E-state index in [9.17, 15) is 0 Å². The van der Waals surface area contributed by atoms with Gasteiger partial charge in [-0.3, -0.25) is 10.4 Å². The quantitative estimate of drug-likeness (QED) is 0.112. The second-order valence-corrected chi connectivity index (χ2v) is 15.3. The van der Waals surface area contributed by atoms with Crippen molar-refractivity contribution in [3.63, 3.8) is 0 Å². The molecular weight excluding hydrogens is 723 g/mol. The number of aliphatic imine (C=N–C) groups is 1. The van der Waals surface area contributed by atoms with Gasteiger partial charge in [-0.05, 0) is 40.5 Å². The van der Waals surface area contributed by atoms with Gasteiger partial charge in [-0.25, -0.2) is 15.0 Å². The number of benzene rings is 6. The Morgan fingerprint density at radius 1 is 0.589 bits per heavy atom. The van der Waals surface area contributed by atoms with Gasteiger partial charge in [-0.15, -0.1) is 22.7 Å². The molecule has 0 atom stereocenters. The summed E-state index contributed by atoms with van der Waals surface area (Å²) in [6, 6.07) is 49.8. The Hall–Kier alpha value is -6.93. The van der Waals surface area contributed by atoms with Crippen molar-refractivity contribution in [2.75, 3.05) is 0 Å². The van der Waals surface area contributed by atoms with Crippen molar-refractivity contribution in [2.24, 2.45) is 4.99 Å². The molecule has 0 amide bonds. The van der Waals surface area contributed by atoms with Crippen LogP contribution < -0.4 is 0 Å². The first-order valence-corrected chi connectivity index (χ1v) is 19.7. The third-order valence-electron chi connectivity index (χ3n) is 9.58. The van der Waals surface area contributed by atoms with E-state index < -0.39 is 0 Å². The van der Waals surface area contributed by atoms with E-state index >= 15 is 0 Å². The van der Waals surface area contributed by atoms with Crippen LogP contribution in [-0.4, -0.2) is 26.9 Å². The Labute approximate surface area is 332 Å². The summed E-state index contributed by atoms with van der Waals surface area (Å²) in [7, 11) is 0. The largest absolute Gasteiger partial charge is 0.299 e. The molecule has 266 valence electrons.